The second-order valence-electron chi connectivity index (χ2n) is 7.24. The summed E-state index contributed by atoms with van der Waals surface area (Å²) in [4.78, 5) is 24.7. The van der Waals surface area contributed by atoms with Crippen LogP contribution in [0.2, 0.25) is 0 Å². The van der Waals surface area contributed by atoms with E-state index < -0.39 is 12.2 Å². The average molecular weight is 444 g/mol. The van der Waals surface area contributed by atoms with Crippen LogP contribution in [-0.2, 0) is 9.53 Å². The van der Waals surface area contributed by atoms with Gasteiger partial charge in [0.15, 0.2) is 11.5 Å². The molecule has 32 heavy (non-hydrogen) atoms. The van der Waals surface area contributed by atoms with Crippen LogP contribution in [0.3, 0.4) is 0 Å². The van der Waals surface area contributed by atoms with Crippen LogP contribution in [-0.4, -0.2) is 63.1 Å². The largest absolute Gasteiger partial charge is 0.493 e. The molecule has 1 aliphatic rings. The zero-order valence-electron chi connectivity index (χ0n) is 18.1. The van der Waals surface area contributed by atoms with Gasteiger partial charge in [0.05, 0.1) is 14.2 Å². The number of methoxy groups -OCH3 is 2. The number of para-hydroxylation sites is 1. The predicted molar refractivity (Wildman–Crippen MR) is 117 cm³/mol. The summed E-state index contributed by atoms with van der Waals surface area (Å²) in [5.74, 6) is 0.717. The Kier molecular flexibility index (Phi) is 8.29. The minimum Gasteiger partial charge on any atom is -0.493 e. The predicted octanol–water partition coefficient (Wildman–Crippen LogP) is 1.99. The summed E-state index contributed by atoms with van der Waals surface area (Å²) in [6.07, 6.45) is 0.129. The van der Waals surface area contributed by atoms with Gasteiger partial charge in [-0.15, -0.1) is 0 Å². The normalized spacial score (nSPS) is 16.2. The van der Waals surface area contributed by atoms with Gasteiger partial charge in [0, 0.05) is 24.4 Å². The summed E-state index contributed by atoms with van der Waals surface area (Å²) in [5.41, 5.74) is 0.861. The fraction of sp³-hybridized carbons (Fsp3) is 0.391. The summed E-state index contributed by atoms with van der Waals surface area (Å²) < 4.78 is 21.5. The molecule has 2 unspecified atom stereocenters. The van der Waals surface area contributed by atoms with E-state index in [2.05, 4.69) is 10.6 Å². The first kappa shape index (κ1) is 23.4. The number of anilines is 1. The van der Waals surface area contributed by atoms with Crippen LogP contribution in [0.4, 0.5) is 5.69 Å². The second kappa shape index (κ2) is 11.4. The summed E-state index contributed by atoms with van der Waals surface area (Å²) in [5, 5.41) is 15.7. The van der Waals surface area contributed by atoms with Gasteiger partial charge in [-0.2, -0.15) is 0 Å². The van der Waals surface area contributed by atoms with E-state index in [1.807, 2.05) is 0 Å². The van der Waals surface area contributed by atoms with Crippen molar-refractivity contribution in [2.24, 2.45) is 0 Å². The Hall–Kier alpha value is -3.30. The van der Waals surface area contributed by atoms with E-state index in [0.29, 0.717) is 41.5 Å². The van der Waals surface area contributed by atoms with Gasteiger partial charge < -0.3 is 34.7 Å². The smallest absolute Gasteiger partial charge is 0.253 e. The molecule has 3 N–H and O–H groups in total. The Morgan fingerprint density at radius 1 is 1.16 bits per heavy atom. The summed E-state index contributed by atoms with van der Waals surface area (Å²) in [6, 6.07) is 11.8. The highest BCUT2D eigenvalue weighted by atomic mass is 16.5. The van der Waals surface area contributed by atoms with Gasteiger partial charge in [0.2, 0.25) is 5.75 Å². The number of benzene rings is 2. The van der Waals surface area contributed by atoms with Gasteiger partial charge in [-0.3, -0.25) is 9.59 Å². The molecule has 3 rings (SSSR count). The van der Waals surface area contributed by atoms with E-state index in [4.69, 9.17) is 18.9 Å². The molecular weight excluding hydrogens is 416 g/mol. The second-order valence-corrected chi connectivity index (χ2v) is 7.24. The van der Waals surface area contributed by atoms with Gasteiger partial charge in [0.25, 0.3) is 11.8 Å². The SMILES string of the molecule is COc1cccc(OC)c1OCC(O)CNC(=O)c1cccc(NC(=O)C2CCCO2)c1. The third-order valence-corrected chi connectivity index (χ3v) is 4.92. The monoisotopic (exact) mass is 444 g/mol. The molecule has 0 aromatic heterocycles. The van der Waals surface area contributed by atoms with Crippen molar-refractivity contribution in [2.45, 2.75) is 25.0 Å². The molecule has 2 aromatic carbocycles. The highest BCUT2D eigenvalue weighted by Gasteiger charge is 2.23. The number of aliphatic hydroxyl groups is 1. The van der Waals surface area contributed by atoms with Crippen molar-refractivity contribution < 1.29 is 33.6 Å². The molecule has 2 aromatic rings. The van der Waals surface area contributed by atoms with Crippen molar-refractivity contribution in [2.75, 3.05) is 39.3 Å². The van der Waals surface area contributed by atoms with Gasteiger partial charge in [0.1, 0.15) is 18.8 Å². The van der Waals surface area contributed by atoms with Crippen LogP contribution >= 0.6 is 0 Å². The fourth-order valence-electron chi connectivity index (χ4n) is 3.26. The van der Waals surface area contributed by atoms with Crippen LogP contribution in [0.5, 0.6) is 17.2 Å². The van der Waals surface area contributed by atoms with Crippen LogP contribution in [0.15, 0.2) is 42.5 Å². The lowest BCUT2D eigenvalue weighted by Crippen LogP contribution is -2.35. The Morgan fingerprint density at radius 2 is 1.88 bits per heavy atom. The van der Waals surface area contributed by atoms with Gasteiger partial charge in [-0.1, -0.05) is 12.1 Å². The van der Waals surface area contributed by atoms with Crippen LogP contribution in [0.1, 0.15) is 23.2 Å². The van der Waals surface area contributed by atoms with E-state index >= 15 is 0 Å². The number of hydrogen-bond acceptors (Lipinski definition) is 7. The molecule has 9 nitrogen and oxygen atoms in total. The number of aliphatic hydroxyl groups excluding tert-OH is 1. The molecule has 2 atom stereocenters. The first-order chi connectivity index (χ1) is 15.5. The summed E-state index contributed by atoms with van der Waals surface area (Å²) in [6.45, 7) is 0.480. The lowest BCUT2D eigenvalue weighted by atomic mass is 10.1. The van der Waals surface area contributed by atoms with E-state index in [1.165, 1.54) is 14.2 Å². The van der Waals surface area contributed by atoms with Gasteiger partial charge in [-0.05, 0) is 43.2 Å². The molecule has 9 heteroatoms. The summed E-state index contributed by atoms with van der Waals surface area (Å²) in [7, 11) is 3.02. The Morgan fingerprint density at radius 3 is 2.53 bits per heavy atom. The first-order valence-corrected chi connectivity index (χ1v) is 10.3. The van der Waals surface area contributed by atoms with Crippen molar-refractivity contribution in [3.05, 3.63) is 48.0 Å². The molecule has 172 valence electrons. The number of carbonyl (C=O) groups is 2. The number of carbonyl (C=O) groups excluding carboxylic acids is 2. The number of hydrogen-bond donors (Lipinski definition) is 3. The van der Waals surface area contributed by atoms with Crippen LogP contribution in [0.25, 0.3) is 0 Å². The van der Waals surface area contributed by atoms with Crippen molar-refractivity contribution in [1.82, 2.24) is 5.32 Å². The third kappa shape index (κ3) is 6.12. The number of rotatable bonds is 10. The highest BCUT2D eigenvalue weighted by Crippen LogP contribution is 2.36. The Bertz CT molecular complexity index is 906. The molecule has 1 fully saturated rings. The van der Waals surface area contributed by atoms with Gasteiger partial charge >= 0.3 is 0 Å². The molecule has 1 heterocycles. The molecule has 0 bridgehead atoms. The zero-order chi connectivity index (χ0) is 22.9. The maximum atomic E-state index is 12.5. The lowest BCUT2D eigenvalue weighted by molar-refractivity contribution is -0.124. The molecule has 1 aliphatic heterocycles. The highest BCUT2D eigenvalue weighted by molar-refractivity contribution is 5.98. The van der Waals surface area contributed by atoms with Crippen LogP contribution in [0, 0.1) is 0 Å². The Labute approximate surface area is 186 Å². The number of nitrogens with one attached hydrogen (secondary N) is 2. The summed E-state index contributed by atoms with van der Waals surface area (Å²) >= 11 is 0. The fourth-order valence-corrected chi connectivity index (χ4v) is 3.26. The van der Waals surface area contributed by atoms with Crippen molar-refractivity contribution in [1.29, 1.82) is 0 Å². The quantitative estimate of drug-likeness (QED) is 0.513. The molecule has 2 amide bonds. The molecule has 0 spiro atoms. The molecule has 1 saturated heterocycles. The maximum Gasteiger partial charge on any atom is 0.253 e. The van der Waals surface area contributed by atoms with Crippen LogP contribution < -0.4 is 24.8 Å². The minimum atomic E-state index is -0.962. The third-order valence-electron chi connectivity index (χ3n) is 4.92. The Balaban J connectivity index is 1.50. The van der Waals surface area contributed by atoms with Crippen molar-refractivity contribution in [3.63, 3.8) is 0 Å². The van der Waals surface area contributed by atoms with Crippen molar-refractivity contribution in [3.8, 4) is 17.2 Å². The van der Waals surface area contributed by atoms with E-state index in [1.54, 1.807) is 42.5 Å². The topological polar surface area (TPSA) is 115 Å². The van der Waals surface area contributed by atoms with Gasteiger partial charge in [-0.25, -0.2) is 0 Å². The zero-order valence-corrected chi connectivity index (χ0v) is 18.1. The van der Waals surface area contributed by atoms with E-state index in [-0.39, 0.29) is 25.0 Å². The molecule has 0 saturated carbocycles. The average Bonchev–Trinajstić information content (AvgIpc) is 3.36. The molecule has 0 radical (unpaired) electrons. The molecular formula is C23H28N2O7. The first-order valence-electron chi connectivity index (χ1n) is 10.3. The van der Waals surface area contributed by atoms with E-state index in [9.17, 15) is 14.7 Å². The number of amides is 2. The minimum absolute atomic E-state index is 0.0250. The maximum absolute atomic E-state index is 12.5. The lowest BCUT2D eigenvalue weighted by Gasteiger charge is -2.17. The van der Waals surface area contributed by atoms with E-state index in [0.717, 1.165) is 6.42 Å². The van der Waals surface area contributed by atoms with Crippen molar-refractivity contribution >= 4 is 17.5 Å². The number of ether oxygens (including phenoxy) is 4. The molecule has 0 aliphatic carbocycles. The standard InChI is InChI=1S/C23H28N2O7/c1-29-18-8-4-9-19(30-2)21(18)32-14-17(26)13-24-22(27)15-6-3-7-16(12-15)25-23(28)20-10-5-11-31-20/h3-4,6-9,12,17,20,26H,5,10-11,13-14H2,1-2H3,(H,24,27)(H,25,28).